The molecular weight excluding hydrogens is 222 g/mol. The van der Waals surface area contributed by atoms with Gasteiger partial charge in [0.15, 0.2) is 0 Å². The van der Waals surface area contributed by atoms with Crippen LogP contribution in [0.4, 0.5) is 0 Å². The average molecular weight is 247 g/mol. The standard InChI is InChI=1S/C15H25N3/c16-2-1-13-8-14(18-17-13)15-11-4-9-3-10(6-11)7-12(15)5-9/h9-12,14-15,18H,1-8,16H2. The lowest BCUT2D eigenvalue weighted by Crippen LogP contribution is -2.51. The van der Waals surface area contributed by atoms with Crippen LogP contribution in [-0.2, 0) is 0 Å². The first-order valence-electron chi connectivity index (χ1n) is 7.84. The second-order valence-corrected chi connectivity index (χ2v) is 7.16. The fourth-order valence-corrected chi connectivity index (χ4v) is 5.69. The summed E-state index contributed by atoms with van der Waals surface area (Å²) in [4.78, 5) is 0. The average Bonchev–Trinajstić information content (AvgIpc) is 2.76. The van der Waals surface area contributed by atoms with Crippen molar-refractivity contribution in [1.29, 1.82) is 0 Å². The number of nitrogens with zero attached hydrogens (tertiary/aromatic N) is 1. The zero-order chi connectivity index (χ0) is 12.1. The van der Waals surface area contributed by atoms with Crippen LogP contribution >= 0.6 is 0 Å². The van der Waals surface area contributed by atoms with Crippen LogP contribution in [0.15, 0.2) is 5.10 Å². The molecular formula is C15H25N3. The molecule has 5 rings (SSSR count). The molecule has 0 aromatic rings. The monoisotopic (exact) mass is 247 g/mol. The largest absolute Gasteiger partial charge is 0.330 e. The summed E-state index contributed by atoms with van der Waals surface area (Å²) in [6, 6.07) is 0.640. The van der Waals surface area contributed by atoms with Gasteiger partial charge in [0, 0.05) is 12.1 Å². The van der Waals surface area contributed by atoms with Crippen LogP contribution in [0.1, 0.15) is 44.9 Å². The molecule has 5 aliphatic rings. The Bertz CT molecular complexity index is 335. The zero-order valence-corrected chi connectivity index (χ0v) is 11.1. The van der Waals surface area contributed by atoms with Gasteiger partial charge in [-0.25, -0.2) is 0 Å². The van der Waals surface area contributed by atoms with Crippen molar-refractivity contribution in [3.05, 3.63) is 0 Å². The molecule has 1 unspecified atom stereocenters. The smallest absolute Gasteiger partial charge is 0.0526 e. The summed E-state index contributed by atoms with van der Waals surface area (Å²) in [6.07, 6.45) is 9.77. The second kappa shape index (κ2) is 4.22. The van der Waals surface area contributed by atoms with Crippen LogP contribution in [0.2, 0.25) is 0 Å². The van der Waals surface area contributed by atoms with Gasteiger partial charge in [0.05, 0.1) is 6.04 Å². The van der Waals surface area contributed by atoms with Gasteiger partial charge in [-0.3, -0.25) is 0 Å². The van der Waals surface area contributed by atoms with Crippen LogP contribution in [0.5, 0.6) is 0 Å². The summed E-state index contributed by atoms with van der Waals surface area (Å²) < 4.78 is 0. The summed E-state index contributed by atoms with van der Waals surface area (Å²) in [7, 11) is 0. The molecule has 1 atom stereocenters. The molecule has 0 aromatic heterocycles. The van der Waals surface area contributed by atoms with Gasteiger partial charge in [-0.2, -0.15) is 5.10 Å². The molecule has 0 amide bonds. The van der Waals surface area contributed by atoms with E-state index in [0.717, 1.165) is 42.6 Å². The molecule has 0 saturated heterocycles. The Morgan fingerprint density at radius 1 is 1.06 bits per heavy atom. The zero-order valence-electron chi connectivity index (χ0n) is 11.1. The number of nitrogens with two attached hydrogens (primary N) is 1. The fourth-order valence-electron chi connectivity index (χ4n) is 5.69. The highest BCUT2D eigenvalue weighted by molar-refractivity contribution is 5.86. The first-order valence-corrected chi connectivity index (χ1v) is 7.84. The van der Waals surface area contributed by atoms with Crippen molar-refractivity contribution in [2.45, 2.75) is 51.0 Å². The maximum absolute atomic E-state index is 5.64. The molecule has 18 heavy (non-hydrogen) atoms. The topological polar surface area (TPSA) is 50.4 Å². The van der Waals surface area contributed by atoms with E-state index in [1.807, 2.05) is 0 Å². The van der Waals surface area contributed by atoms with E-state index in [1.165, 1.54) is 37.8 Å². The van der Waals surface area contributed by atoms with E-state index in [4.69, 9.17) is 5.73 Å². The van der Waals surface area contributed by atoms with E-state index in [0.29, 0.717) is 6.04 Å². The molecule has 1 aliphatic heterocycles. The number of nitrogens with one attached hydrogen (secondary N) is 1. The van der Waals surface area contributed by atoms with E-state index in [2.05, 4.69) is 10.5 Å². The molecule has 3 nitrogen and oxygen atoms in total. The molecule has 4 fully saturated rings. The minimum Gasteiger partial charge on any atom is -0.330 e. The van der Waals surface area contributed by atoms with Gasteiger partial charge >= 0.3 is 0 Å². The summed E-state index contributed by atoms with van der Waals surface area (Å²) >= 11 is 0. The molecule has 4 bridgehead atoms. The molecule has 3 N–H and O–H groups in total. The first kappa shape index (κ1) is 11.3. The molecule has 3 heteroatoms. The van der Waals surface area contributed by atoms with Gasteiger partial charge in [0.1, 0.15) is 0 Å². The Hall–Kier alpha value is -0.570. The van der Waals surface area contributed by atoms with Crippen molar-refractivity contribution in [2.75, 3.05) is 6.54 Å². The Morgan fingerprint density at radius 2 is 1.72 bits per heavy atom. The van der Waals surface area contributed by atoms with E-state index in [1.54, 1.807) is 6.42 Å². The Morgan fingerprint density at radius 3 is 2.33 bits per heavy atom. The third kappa shape index (κ3) is 1.70. The molecule has 100 valence electrons. The van der Waals surface area contributed by atoms with Crippen LogP contribution in [0, 0.1) is 29.6 Å². The highest BCUT2D eigenvalue weighted by atomic mass is 15.3. The molecule has 1 heterocycles. The SMILES string of the molecule is NCCC1=NNC(C2C3CC4CC(C3)CC2C4)C1. The highest BCUT2D eigenvalue weighted by Crippen LogP contribution is 2.57. The molecule has 0 aromatic carbocycles. The number of rotatable bonds is 3. The van der Waals surface area contributed by atoms with Crippen molar-refractivity contribution in [1.82, 2.24) is 5.43 Å². The third-order valence-electron chi connectivity index (χ3n) is 6.04. The lowest BCUT2D eigenvalue weighted by atomic mass is 9.50. The second-order valence-electron chi connectivity index (χ2n) is 7.16. The maximum atomic E-state index is 5.64. The fraction of sp³-hybridized carbons (Fsp3) is 0.933. The van der Waals surface area contributed by atoms with Crippen LogP contribution in [0.25, 0.3) is 0 Å². The Kier molecular flexibility index (Phi) is 2.65. The summed E-state index contributed by atoms with van der Waals surface area (Å²) in [5.41, 5.74) is 10.4. The van der Waals surface area contributed by atoms with Crippen LogP contribution in [-0.4, -0.2) is 18.3 Å². The Labute approximate surface area is 110 Å². The minimum absolute atomic E-state index is 0.640. The van der Waals surface area contributed by atoms with Gasteiger partial charge in [-0.15, -0.1) is 0 Å². The minimum atomic E-state index is 0.640. The van der Waals surface area contributed by atoms with Crippen molar-refractivity contribution in [3.8, 4) is 0 Å². The number of hydrogen-bond donors (Lipinski definition) is 2. The third-order valence-corrected chi connectivity index (χ3v) is 6.04. The predicted octanol–water partition coefficient (Wildman–Crippen LogP) is 2.13. The molecule has 4 aliphatic carbocycles. The summed E-state index contributed by atoms with van der Waals surface area (Å²) in [6.45, 7) is 0.745. The number of hydrogen-bond acceptors (Lipinski definition) is 3. The van der Waals surface area contributed by atoms with Crippen molar-refractivity contribution in [3.63, 3.8) is 0 Å². The van der Waals surface area contributed by atoms with E-state index < -0.39 is 0 Å². The lowest BCUT2D eigenvalue weighted by molar-refractivity contribution is -0.0494. The van der Waals surface area contributed by atoms with Gasteiger partial charge in [-0.05, 0) is 74.7 Å². The van der Waals surface area contributed by atoms with Gasteiger partial charge in [-0.1, -0.05) is 0 Å². The van der Waals surface area contributed by atoms with Gasteiger partial charge < -0.3 is 11.2 Å². The summed E-state index contributed by atoms with van der Waals surface area (Å²) in [5, 5.41) is 4.53. The van der Waals surface area contributed by atoms with Gasteiger partial charge in [0.2, 0.25) is 0 Å². The predicted molar refractivity (Wildman–Crippen MR) is 73.2 cm³/mol. The molecule has 0 radical (unpaired) electrons. The van der Waals surface area contributed by atoms with E-state index in [-0.39, 0.29) is 0 Å². The Balaban J connectivity index is 1.47. The van der Waals surface area contributed by atoms with Crippen LogP contribution in [0.3, 0.4) is 0 Å². The van der Waals surface area contributed by atoms with Gasteiger partial charge in [0.25, 0.3) is 0 Å². The van der Waals surface area contributed by atoms with E-state index >= 15 is 0 Å². The molecule has 0 spiro atoms. The normalized spacial score (nSPS) is 49.3. The first-order chi connectivity index (χ1) is 8.83. The lowest BCUT2D eigenvalue weighted by Gasteiger charge is -2.56. The van der Waals surface area contributed by atoms with Crippen molar-refractivity contribution in [2.24, 2.45) is 40.4 Å². The van der Waals surface area contributed by atoms with Crippen molar-refractivity contribution < 1.29 is 0 Å². The maximum Gasteiger partial charge on any atom is 0.0526 e. The number of hydrazone groups is 1. The quantitative estimate of drug-likeness (QED) is 0.802. The summed E-state index contributed by atoms with van der Waals surface area (Å²) in [5.74, 6) is 5.08. The molecule has 4 saturated carbocycles. The van der Waals surface area contributed by atoms with E-state index in [9.17, 15) is 0 Å². The van der Waals surface area contributed by atoms with Crippen molar-refractivity contribution >= 4 is 5.71 Å². The van der Waals surface area contributed by atoms with Crippen LogP contribution < -0.4 is 11.2 Å². The highest BCUT2D eigenvalue weighted by Gasteiger charge is 2.51.